The average molecular weight is 540 g/mol. The molecule has 11 heteroatoms. The van der Waals surface area contributed by atoms with E-state index < -0.39 is 9.84 Å². The number of halogens is 1. The first-order valence-electron chi connectivity index (χ1n) is 9.77. The Morgan fingerprint density at radius 3 is 2.62 bits per heavy atom. The fraction of sp³-hybridized carbons (Fsp3) is 0.333. The molecule has 8 nitrogen and oxygen atoms in total. The molecule has 0 aliphatic carbocycles. The van der Waals surface area contributed by atoms with Crippen LogP contribution in [-0.4, -0.2) is 63.1 Å². The largest absolute Gasteiger partial charge is 0.497 e. The summed E-state index contributed by atoms with van der Waals surface area (Å²) in [5, 5.41) is 3.45. The lowest BCUT2D eigenvalue weighted by molar-refractivity contribution is -0.113. The number of nitrogens with one attached hydrogen (secondary N) is 1. The highest BCUT2D eigenvalue weighted by atomic mass is 79.9. The zero-order valence-corrected chi connectivity index (χ0v) is 20.7. The number of thioether (sulfide) groups is 1. The zero-order valence-electron chi connectivity index (χ0n) is 17.4. The molecule has 0 aromatic heterocycles. The van der Waals surface area contributed by atoms with E-state index in [1.54, 1.807) is 32.4 Å². The van der Waals surface area contributed by atoms with Crippen molar-refractivity contribution in [2.75, 3.05) is 41.7 Å². The van der Waals surface area contributed by atoms with Crippen LogP contribution < -0.4 is 19.7 Å². The number of ether oxygens (including phenoxy) is 2. The summed E-state index contributed by atoms with van der Waals surface area (Å²) in [5.41, 5.74) is 1.36. The number of carbonyl (C=O) groups excluding carboxylic acids is 1. The van der Waals surface area contributed by atoms with Crippen molar-refractivity contribution in [3.8, 4) is 11.5 Å². The molecule has 0 radical (unpaired) electrons. The van der Waals surface area contributed by atoms with Gasteiger partial charge in [-0.3, -0.25) is 9.79 Å². The lowest BCUT2D eigenvalue weighted by Gasteiger charge is -2.28. The number of sulfone groups is 1. The highest BCUT2D eigenvalue weighted by Gasteiger charge is 2.48. The quantitative estimate of drug-likeness (QED) is 0.601. The van der Waals surface area contributed by atoms with Crippen LogP contribution >= 0.6 is 27.7 Å². The number of nitrogens with zero attached hydrogens (tertiary/aromatic N) is 2. The Morgan fingerprint density at radius 2 is 1.94 bits per heavy atom. The highest BCUT2D eigenvalue weighted by Crippen LogP contribution is 2.41. The first-order valence-corrected chi connectivity index (χ1v) is 13.4. The molecule has 2 aliphatic heterocycles. The maximum Gasteiger partial charge on any atom is 0.234 e. The van der Waals surface area contributed by atoms with E-state index in [2.05, 4.69) is 26.2 Å². The van der Waals surface area contributed by atoms with Gasteiger partial charge in [0.1, 0.15) is 11.5 Å². The summed E-state index contributed by atoms with van der Waals surface area (Å²) in [6, 6.07) is 11.9. The maximum atomic E-state index is 12.5. The standard InChI is InChI=1S/C21H22BrN3O5S2/c1-29-15-7-8-19(30-2)17(9-15)25-18-12-32(27,28)11-16(18)24-21(25)31-10-20(26)23-14-5-3-13(22)4-6-14/h3-9,16,18H,10-12H2,1-2H3,(H,23,26)/t16-,18+/m0/s1. The number of hydrogen-bond acceptors (Lipinski definition) is 8. The van der Waals surface area contributed by atoms with Crippen LogP contribution in [0.2, 0.25) is 0 Å². The lowest BCUT2D eigenvalue weighted by Crippen LogP contribution is -2.39. The molecule has 2 heterocycles. The number of rotatable bonds is 6. The summed E-state index contributed by atoms with van der Waals surface area (Å²) in [7, 11) is -0.0743. The molecule has 1 fully saturated rings. The second kappa shape index (κ2) is 9.32. The topological polar surface area (TPSA) is 97.3 Å². The van der Waals surface area contributed by atoms with Crippen LogP contribution in [0.4, 0.5) is 11.4 Å². The van der Waals surface area contributed by atoms with E-state index >= 15 is 0 Å². The highest BCUT2D eigenvalue weighted by molar-refractivity contribution is 9.10. The van der Waals surface area contributed by atoms with Crippen LogP contribution in [-0.2, 0) is 14.6 Å². The van der Waals surface area contributed by atoms with Crippen molar-refractivity contribution in [3.05, 3.63) is 46.9 Å². The van der Waals surface area contributed by atoms with Gasteiger partial charge in [-0.1, -0.05) is 27.7 Å². The third kappa shape index (κ3) is 4.89. The summed E-state index contributed by atoms with van der Waals surface area (Å²) >= 11 is 4.64. The number of benzene rings is 2. The number of hydrogen-bond donors (Lipinski definition) is 1. The summed E-state index contributed by atoms with van der Waals surface area (Å²) in [4.78, 5) is 19.1. The van der Waals surface area contributed by atoms with E-state index in [-0.39, 0.29) is 35.2 Å². The predicted octanol–water partition coefficient (Wildman–Crippen LogP) is 3.18. The monoisotopic (exact) mass is 539 g/mol. The van der Waals surface area contributed by atoms with Crippen LogP contribution in [0.1, 0.15) is 0 Å². The van der Waals surface area contributed by atoms with Crippen molar-refractivity contribution in [2.24, 2.45) is 4.99 Å². The molecule has 2 aliphatic rings. The van der Waals surface area contributed by atoms with Crippen molar-refractivity contribution in [1.29, 1.82) is 0 Å². The molecule has 1 saturated heterocycles. The Hall–Kier alpha value is -2.24. The third-order valence-electron chi connectivity index (χ3n) is 5.21. The molecular weight excluding hydrogens is 518 g/mol. The number of methoxy groups -OCH3 is 2. The molecule has 2 aromatic rings. The number of carbonyl (C=O) groups is 1. The molecule has 32 heavy (non-hydrogen) atoms. The van der Waals surface area contributed by atoms with Crippen molar-refractivity contribution in [2.45, 2.75) is 12.1 Å². The number of amidine groups is 1. The minimum absolute atomic E-state index is 0.00329. The molecule has 2 aromatic carbocycles. The molecule has 0 spiro atoms. The first kappa shape index (κ1) is 22.9. The number of anilines is 2. The van der Waals surface area contributed by atoms with Gasteiger partial charge in [0, 0.05) is 16.2 Å². The second-order valence-electron chi connectivity index (χ2n) is 7.37. The first-order chi connectivity index (χ1) is 15.3. The average Bonchev–Trinajstić information content (AvgIpc) is 3.24. The summed E-state index contributed by atoms with van der Waals surface area (Å²) in [6.45, 7) is 0. The van der Waals surface area contributed by atoms with Crippen LogP contribution in [0, 0.1) is 0 Å². The van der Waals surface area contributed by atoms with Crippen LogP contribution in [0.3, 0.4) is 0 Å². The normalized spacial score (nSPS) is 21.1. The molecule has 170 valence electrons. The van der Waals surface area contributed by atoms with Gasteiger partial charge in [0.2, 0.25) is 5.91 Å². The van der Waals surface area contributed by atoms with Crippen LogP contribution in [0.15, 0.2) is 51.9 Å². The molecule has 1 amide bonds. The summed E-state index contributed by atoms with van der Waals surface area (Å²) in [6.07, 6.45) is 0. The number of fused-ring (bicyclic) bond motifs is 1. The molecule has 1 N–H and O–H groups in total. The van der Waals surface area contributed by atoms with Gasteiger partial charge in [-0.15, -0.1) is 0 Å². The van der Waals surface area contributed by atoms with Gasteiger partial charge in [-0.2, -0.15) is 0 Å². The van der Waals surface area contributed by atoms with Crippen LogP contribution in [0.25, 0.3) is 0 Å². The molecule has 4 rings (SSSR count). The second-order valence-corrected chi connectivity index (χ2v) is 11.4. The molecule has 0 saturated carbocycles. The van der Waals surface area contributed by atoms with Crippen molar-refractivity contribution in [1.82, 2.24) is 0 Å². The Kier molecular flexibility index (Phi) is 6.68. The van der Waals surface area contributed by atoms with Gasteiger partial charge in [0.25, 0.3) is 0 Å². The Morgan fingerprint density at radius 1 is 1.19 bits per heavy atom. The van der Waals surface area contributed by atoms with E-state index in [9.17, 15) is 13.2 Å². The van der Waals surface area contributed by atoms with E-state index in [4.69, 9.17) is 9.47 Å². The predicted molar refractivity (Wildman–Crippen MR) is 131 cm³/mol. The lowest BCUT2D eigenvalue weighted by atomic mass is 10.1. The molecule has 0 unspecified atom stereocenters. The van der Waals surface area contributed by atoms with Crippen molar-refractivity contribution < 1.29 is 22.7 Å². The van der Waals surface area contributed by atoms with Crippen LogP contribution in [0.5, 0.6) is 11.5 Å². The molecular formula is C21H22BrN3O5S2. The minimum atomic E-state index is -3.19. The van der Waals surface area contributed by atoms with Gasteiger partial charge >= 0.3 is 0 Å². The minimum Gasteiger partial charge on any atom is -0.497 e. The van der Waals surface area contributed by atoms with Gasteiger partial charge < -0.3 is 19.7 Å². The van der Waals surface area contributed by atoms with E-state index in [0.29, 0.717) is 28.0 Å². The Bertz CT molecular complexity index is 1150. The number of amides is 1. The number of aliphatic imine (C=N–C) groups is 1. The Balaban J connectivity index is 1.57. The smallest absolute Gasteiger partial charge is 0.234 e. The SMILES string of the molecule is COc1ccc(OC)c(N2C(SCC(=O)Nc3ccc(Br)cc3)=N[C@H]3CS(=O)(=O)C[C@H]32)c1. The van der Waals surface area contributed by atoms with Gasteiger partial charge in [-0.25, -0.2) is 8.42 Å². The Labute approximate surface area is 199 Å². The maximum absolute atomic E-state index is 12.5. The van der Waals surface area contributed by atoms with Gasteiger partial charge in [0.15, 0.2) is 15.0 Å². The summed E-state index contributed by atoms with van der Waals surface area (Å²) < 4.78 is 36.4. The van der Waals surface area contributed by atoms with Crippen molar-refractivity contribution in [3.63, 3.8) is 0 Å². The van der Waals surface area contributed by atoms with Gasteiger partial charge in [0.05, 0.1) is 49.2 Å². The molecule has 0 bridgehead atoms. The fourth-order valence-electron chi connectivity index (χ4n) is 3.76. The zero-order chi connectivity index (χ0) is 22.9. The fourth-order valence-corrected chi connectivity index (χ4v) is 6.78. The van der Waals surface area contributed by atoms with E-state index in [1.165, 1.54) is 11.8 Å². The van der Waals surface area contributed by atoms with E-state index in [1.807, 2.05) is 29.2 Å². The van der Waals surface area contributed by atoms with E-state index in [0.717, 1.165) is 4.47 Å². The van der Waals surface area contributed by atoms with Crippen molar-refractivity contribution >= 4 is 60.0 Å². The third-order valence-corrected chi connectivity index (χ3v) is 8.41. The van der Waals surface area contributed by atoms with Gasteiger partial charge in [-0.05, 0) is 36.4 Å². The molecule has 2 atom stereocenters. The summed E-state index contributed by atoms with van der Waals surface area (Å²) in [5.74, 6) is 1.13.